The van der Waals surface area contributed by atoms with Crippen molar-refractivity contribution in [3.8, 4) is 11.4 Å². The molecule has 0 aliphatic heterocycles. The lowest BCUT2D eigenvalue weighted by Gasteiger charge is -2.13. The summed E-state index contributed by atoms with van der Waals surface area (Å²) in [6.07, 6.45) is 9.14. The summed E-state index contributed by atoms with van der Waals surface area (Å²) in [6, 6.07) is 2.03. The van der Waals surface area contributed by atoms with Gasteiger partial charge in [-0.2, -0.15) is 0 Å². The maximum Gasteiger partial charge on any atom is 0.162 e. The van der Waals surface area contributed by atoms with E-state index in [1.165, 1.54) is 23.2 Å². The molecule has 1 aliphatic carbocycles. The van der Waals surface area contributed by atoms with Gasteiger partial charge in [-0.25, -0.2) is 9.97 Å². The summed E-state index contributed by atoms with van der Waals surface area (Å²) >= 11 is 0. The number of anilines is 1. The van der Waals surface area contributed by atoms with Crippen LogP contribution in [0.5, 0.6) is 0 Å². The molecule has 4 nitrogen and oxygen atoms in total. The summed E-state index contributed by atoms with van der Waals surface area (Å²) in [5.74, 6) is 1.88. The van der Waals surface area contributed by atoms with Crippen molar-refractivity contribution in [2.24, 2.45) is 0 Å². The van der Waals surface area contributed by atoms with Crippen molar-refractivity contribution in [3.05, 3.63) is 35.3 Å². The zero-order valence-electron chi connectivity index (χ0n) is 12.8. The summed E-state index contributed by atoms with van der Waals surface area (Å²) in [5.41, 5.74) is 4.86. The molecule has 2 heterocycles. The van der Waals surface area contributed by atoms with Gasteiger partial charge in [0.1, 0.15) is 5.82 Å². The zero-order valence-corrected chi connectivity index (χ0v) is 12.8. The lowest BCUT2D eigenvalue weighted by Crippen LogP contribution is -2.08. The van der Waals surface area contributed by atoms with E-state index < -0.39 is 0 Å². The smallest absolute Gasteiger partial charge is 0.162 e. The van der Waals surface area contributed by atoms with E-state index in [0.29, 0.717) is 0 Å². The number of aryl methyl sites for hydroxylation is 2. The van der Waals surface area contributed by atoms with Crippen LogP contribution in [-0.2, 0) is 19.3 Å². The van der Waals surface area contributed by atoms with E-state index >= 15 is 0 Å². The molecular formula is C17H22N4. The van der Waals surface area contributed by atoms with Crippen LogP contribution >= 0.6 is 0 Å². The van der Waals surface area contributed by atoms with Gasteiger partial charge in [0.05, 0.1) is 0 Å². The number of fused-ring (bicyclic) bond motifs is 1. The van der Waals surface area contributed by atoms with E-state index in [4.69, 9.17) is 9.97 Å². The first-order valence-corrected chi connectivity index (χ1v) is 7.90. The molecule has 110 valence electrons. The van der Waals surface area contributed by atoms with Gasteiger partial charge in [0.15, 0.2) is 5.82 Å². The molecule has 1 aliphatic rings. The lowest BCUT2D eigenvalue weighted by molar-refractivity contribution is 0.899. The molecule has 0 unspecified atom stereocenters. The Morgan fingerprint density at radius 2 is 2.10 bits per heavy atom. The monoisotopic (exact) mass is 282 g/mol. The summed E-state index contributed by atoms with van der Waals surface area (Å²) in [7, 11) is 0. The van der Waals surface area contributed by atoms with Crippen LogP contribution in [0.15, 0.2) is 18.5 Å². The van der Waals surface area contributed by atoms with E-state index in [-0.39, 0.29) is 0 Å². The third-order valence-corrected chi connectivity index (χ3v) is 4.00. The average molecular weight is 282 g/mol. The first kappa shape index (κ1) is 14.0. The van der Waals surface area contributed by atoms with E-state index in [0.717, 1.165) is 49.4 Å². The molecule has 3 rings (SSSR count). The standard InChI is InChI=1S/C17H22N4/c1-3-9-19-16-14-6-5-7-15(14)20-17(21-16)13-8-10-18-11-12(13)4-2/h8,10-11H,3-7,9H2,1-2H3,(H,19,20,21). The van der Waals surface area contributed by atoms with Crippen molar-refractivity contribution in [1.29, 1.82) is 0 Å². The molecule has 0 amide bonds. The highest BCUT2D eigenvalue weighted by molar-refractivity contribution is 5.63. The molecule has 0 atom stereocenters. The molecule has 0 bridgehead atoms. The van der Waals surface area contributed by atoms with Gasteiger partial charge < -0.3 is 5.32 Å². The first-order chi connectivity index (χ1) is 10.3. The Labute approximate surface area is 126 Å². The topological polar surface area (TPSA) is 50.7 Å². The minimum absolute atomic E-state index is 0.841. The molecule has 1 N–H and O–H groups in total. The summed E-state index contributed by atoms with van der Waals surface area (Å²) in [5, 5.41) is 3.48. The second-order valence-corrected chi connectivity index (χ2v) is 5.49. The Hall–Kier alpha value is -1.97. The molecule has 0 saturated carbocycles. The minimum atomic E-state index is 0.841. The van der Waals surface area contributed by atoms with E-state index in [1.807, 2.05) is 18.5 Å². The molecular weight excluding hydrogens is 260 g/mol. The second-order valence-electron chi connectivity index (χ2n) is 5.49. The maximum atomic E-state index is 4.82. The number of hydrogen-bond donors (Lipinski definition) is 1. The van der Waals surface area contributed by atoms with Crippen molar-refractivity contribution in [3.63, 3.8) is 0 Å². The number of hydrogen-bond acceptors (Lipinski definition) is 4. The first-order valence-electron chi connectivity index (χ1n) is 7.90. The fourth-order valence-electron chi connectivity index (χ4n) is 2.87. The van der Waals surface area contributed by atoms with Crippen molar-refractivity contribution in [1.82, 2.24) is 15.0 Å². The van der Waals surface area contributed by atoms with Crippen LogP contribution < -0.4 is 5.32 Å². The third-order valence-electron chi connectivity index (χ3n) is 4.00. The van der Waals surface area contributed by atoms with E-state index in [1.54, 1.807) is 0 Å². The Balaban J connectivity index is 2.07. The molecule has 0 spiro atoms. The van der Waals surface area contributed by atoms with Crippen LogP contribution in [0.25, 0.3) is 11.4 Å². The molecule has 0 aromatic carbocycles. The van der Waals surface area contributed by atoms with Crippen molar-refractivity contribution >= 4 is 5.82 Å². The Morgan fingerprint density at radius 3 is 2.90 bits per heavy atom. The van der Waals surface area contributed by atoms with Gasteiger partial charge in [-0.1, -0.05) is 13.8 Å². The van der Waals surface area contributed by atoms with Gasteiger partial charge in [0, 0.05) is 35.8 Å². The van der Waals surface area contributed by atoms with Gasteiger partial charge in [-0.3, -0.25) is 4.98 Å². The van der Waals surface area contributed by atoms with Gasteiger partial charge in [0.25, 0.3) is 0 Å². The number of aromatic nitrogens is 3. The highest BCUT2D eigenvalue weighted by atomic mass is 15.0. The van der Waals surface area contributed by atoms with Gasteiger partial charge in [-0.05, 0) is 43.7 Å². The Bertz CT molecular complexity index is 637. The molecule has 21 heavy (non-hydrogen) atoms. The van der Waals surface area contributed by atoms with Gasteiger partial charge >= 0.3 is 0 Å². The highest BCUT2D eigenvalue weighted by Gasteiger charge is 2.20. The lowest BCUT2D eigenvalue weighted by atomic mass is 10.1. The van der Waals surface area contributed by atoms with Crippen LogP contribution in [-0.4, -0.2) is 21.5 Å². The molecule has 4 heteroatoms. The SMILES string of the molecule is CCCNc1nc(-c2ccncc2CC)nc2c1CCC2. The molecule has 2 aromatic heterocycles. The third kappa shape index (κ3) is 2.75. The number of rotatable bonds is 5. The fraction of sp³-hybridized carbons (Fsp3) is 0.471. The minimum Gasteiger partial charge on any atom is -0.370 e. The Morgan fingerprint density at radius 1 is 1.19 bits per heavy atom. The van der Waals surface area contributed by atoms with Crippen molar-refractivity contribution in [2.75, 3.05) is 11.9 Å². The van der Waals surface area contributed by atoms with Gasteiger partial charge in [-0.15, -0.1) is 0 Å². The van der Waals surface area contributed by atoms with Crippen molar-refractivity contribution in [2.45, 2.75) is 46.0 Å². The highest BCUT2D eigenvalue weighted by Crippen LogP contribution is 2.30. The summed E-state index contributed by atoms with van der Waals surface area (Å²) < 4.78 is 0. The van der Waals surface area contributed by atoms with Crippen LogP contribution in [0.4, 0.5) is 5.82 Å². The van der Waals surface area contributed by atoms with Crippen LogP contribution in [0.3, 0.4) is 0 Å². The van der Waals surface area contributed by atoms with Crippen LogP contribution in [0, 0.1) is 0 Å². The predicted octanol–water partition coefficient (Wildman–Crippen LogP) is 3.41. The summed E-state index contributed by atoms with van der Waals surface area (Å²) in [4.78, 5) is 13.8. The quantitative estimate of drug-likeness (QED) is 0.913. The molecule has 0 fully saturated rings. The van der Waals surface area contributed by atoms with E-state index in [2.05, 4.69) is 24.1 Å². The van der Waals surface area contributed by atoms with Crippen LogP contribution in [0.2, 0.25) is 0 Å². The largest absolute Gasteiger partial charge is 0.370 e. The number of nitrogens with one attached hydrogen (secondary N) is 1. The van der Waals surface area contributed by atoms with Gasteiger partial charge in [0.2, 0.25) is 0 Å². The predicted molar refractivity (Wildman–Crippen MR) is 85.4 cm³/mol. The fourth-order valence-corrected chi connectivity index (χ4v) is 2.87. The summed E-state index contributed by atoms with van der Waals surface area (Å²) in [6.45, 7) is 5.28. The van der Waals surface area contributed by atoms with E-state index in [9.17, 15) is 0 Å². The molecule has 2 aromatic rings. The van der Waals surface area contributed by atoms with Crippen molar-refractivity contribution < 1.29 is 0 Å². The second kappa shape index (κ2) is 6.20. The molecule has 0 radical (unpaired) electrons. The zero-order chi connectivity index (χ0) is 14.7. The average Bonchev–Trinajstić information content (AvgIpc) is 3.01. The number of pyridine rings is 1. The number of nitrogens with zero attached hydrogens (tertiary/aromatic N) is 3. The maximum absolute atomic E-state index is 4.82. The van der Waals surface area contributed by atoms with Crippen LogP contribution in [0.1, 0.15) is 43.5 Å². The molecule has 0 saturated heterocycles. The Kier molecular flexibility index (Phi) is 4.13. The normalized spacial score (nSPS) is 13.2.